The van der Waals surface area contributed by atoms with Crippen LogP contribution in [0.2, 0.25) is 0 Å². The van der Waals surface area contributed by atoms with Crippen molar-refractivity contribution < 1.29 is 0 Å². The van der Waals surface area contributed by atoms with Crippen molar-refractivity contribution in [1.29, 1.82) is 0 Å². The van der Waals surface area contributed by atoms with Crippen molar-refractivity contribution in [3.05, 3.63) is 12.7 Å². The summed E-state index contributed by atoms with van der Waals surface area (Å²) < 4.78 is 0. The molecule has 0 unspecified atom stereocenters. The zero-order valence-corrected chi connectivity index (χ0v) is 12.7. The highest BCUT2D eigenvalue weighted by molar-refractivity contribution is 5.79. The van der Waals surface area contributed by atoms with Crippen molar-refractivity contribution in [3.8, 4) is 0 Å². The molecule has 0 aromatic carbocycles. The molecule has 4 nitrogen and oxygen atoms in total. The molecule has 0 saturated carbocycles. The minimum absolute atomic E-state index is 1.01. The maximum atomic E-state index is 4.33. The van der Waals surface area contributed by atoms with Crippen LogP contribution in [0.5, 0.6) is 0 Å². The van der Waals surface area contributed by atoms with Gasteiger partial charge in [0.25, 0.3) is 0 Å². The fraction of sp³-hybridized carbons (Fsp3) is 0.800. The van der Waals surface area contributed by atoms with Gasteiger partial charge in [-0.05, 0) is 51.7 Å². The average molecular weight is 266 g/mol. The van der Waals surface area contributed by atoms with Crippen molar-refractivity contribution >= 4 is 5.96 Å². The predicted octanol–water partition coefficient (Wildman–Crippen LogP) is 1.95. The van der Waals surface area contributed by atoms with E-state index < -0.39 is 0 Å². The maximum Gasteiger partial charge on any atom is 0.193 e. The number of hydrogen-bond donors (Lipinski definition) is 1. The molecule has 1 aliphatic heterocycles. The third-order valence-corrected chi connectivity index (χ3v) is 3.61. The zero-order chi connectivity index (χ0) is 13.9. The second kappa shape index (κ2) is 9.84. The van der Waals surface area contributed by atoms with Gasteiger partial charge in [0.05, 0.1) is 0 Å². The SMILES string of the molecule is C=CCCCN(C)C(=NC)NCCCN1CCCC1. The highest BCUT2D eigenvalue weighted by Gasteiger charge is 2.10. The molecule has 0 aromatic heterocycles. The molecular formula is C15H30N4. The lowest BCUT2D eigenvalue weighted by Crippen LogP contribution is -2.40. The van der Waals surface area contributed by atoms with Crippen LogP contribution in [-0.2, 0) is 0 Å². The van der Waals surface area contributed by atoms with Gasteiger partial charge in [0, 0.05) is 27.2 Å². The van der Waals surface area contributed by atoms with Gasteiger partial charge in [-0.2, -0.15) is 0 Å². The number of allylic oxidation sites excluding steroid dienone is 1. The van der Waals surface area contributed by atoms with E-state index in [2.05, 4.69) is 33.7 Å². The Labute approximate surface area is 118 Å². The summed E-state index contributed by atoms with van der Waals surface area (Å²) >= 11 is 0. The number of hydrogen-bond acceptors (Lipinski definition) is 2. The van der Waals surface area contributed by atoms with E-state index in [1.165, 1.54) is 38.9 Å². The van der Waals surface area contributed by atoms with Crippen LogP contribution in [0.25, 0.3) is 0 Å². The van der Waals surface area contributed by atoms with Gasteiger partial charge >= 0.3 is 0 Å². The van der Waals surface area contributed by atoms with E-state index in [0.717, 1.165) is 31.9 Å². The van der Waals surface area contributed by atoms with Gasteiger partial charge in [0.15, 0.2) is 5.96 Å². The number of aliphatic imine (C=N–C) groups is 1. The largest absolute Gasteiger partial charge is 0.356 e. The molecule has 1 heterocycles. The van der Waals surface area contributed by atoms with E-state index in [9.17, 15) is 0 Å². The lowest BCUT2D eigenvalue weighted by molar-refractivity contribution is 0.333. The quantitative estimate of drug-likeness (QED) is 0.315. The summed E-state index contributed by atoms with van der Waals surface area (Å²) in [6, 6.07) is 0. The van der Waals surface area contributed by atoms with Crippen LogP contribution in [0, 0.1) is 0 Å². The summed E-state index contributed by atoms with van der Waals surface area (Å²) in [5.41, 5.74) is 0. The average Bonchev–Trinajstić information content (AvgIpc) is 2.92. The fourth-order valence-electron chi connectivity index (χ4n) is 2.47. The van der Waals surface area contributed by atoms with Crippen LogP contribution in [0.3, 0.4) is 0 Å². The maximum absolute atomic E-state index is 4.33. The molecule has 110 valence electrons. The van der Waals surface area contributed by atoms with Gasteiger partial charge in [0.2, 0.25) is 0 Å². The first-order valence-electron chi connectivity index (χ1n) is 7.53. The Hall–Kier alpha value is -1.03. The Morgan fingerprint density at radius 3 is 2.74 bits per heavy atom. The van der Waals surface area contributed by atoms with Gasteiger partial charge in [-0.1, -0.05) is 6.08 Å². The van der Waals surface area contributed by atoms with Gasteiger partial charge < -0.3 is 15.1 Å². The number of rotatable bonds is 8. The van der Waals surface area contributed by atoms with Crippen molar-refractivity contribution in [2.24, 2.45) is 4.99 Å². The van der Waals surface area contributed by atoms with Gasteiger partial charge in [0.1, 0.15) is 0 Å². The van der Waals surface area contributed by atoms with Crippen LogP contribution >= 0.6 is 0 Å². The summed E-state index contributed by atoms with van der Waals surface area (Å²) in [5.74, 6) is 1.01. The second-order valence-electron chi connectivity index (χ2n) is 5.23. The normalized spacial score (nSPS) is 16.6. The molecule has 1 fully saturated rings. The van der Waals surface area contributed by atoms with E-state index in [4.69, 9.17) is 0 Å². The molecule has 4 heteroatoms. The Balaban J connectivity index is 2.11. The lowest BCUT2D eigenvalue weighted by atomic mass is 10.3. The Morgan fingerprint density at radius 2 is 2.11 bits per heavy atom. The molecule has 1 aliphatic rings. The molecule has 0 aromatic rings. The molecule has 1 rings (SSSR count). The number of unbranched alkanes of at least 4 members (excludes halogenated alkanes) is 1. The minimum Gasteiger partial charge on any atom is -0.356 e. The fourth-order valence-corrected chi connectivity index (χ4v) is 2.47. The number of nitrogens with one attached hydrogen (secondary N) is 1. The highest BCUT2D eigenvalue weighted by atomic mass is 15.3. The molecule has 0 spiro atoms. The Morgan fingerprint density at radius 1 is 1.37 bits per heavy atom. The lowest BCUT2D eigenvalue weighted by Gasteiger charge is -2.22. The summed E-state index contributed by atoms with van der Waals surface area (Å²) in [6.07, 6.45) is 8.12. The van der Waals surface area contributed by atoms with E-state index in [1.807, 2.05) is 13.1 Å². The van der Waals surface area contributed by atoms with Crippen LogP contribution in [0.1, 0.15) is 32.1 Å². The first kappa shape index (κ1) is 16.0. The third kappa shape index (κ3) is 6.62. The summed E-state index contributed by atoms with van der Waals surface area (Å²) in [6.45, 7) is 9.57. The van der Waals surface area contributed by atoms with E-state index >= 15 is 0 Å². The Kier molecular flexibility index (Phi) is 8.30. The van der Waals surface area contributed by atoms with Crippen LogP contribution in [0.15, 0.2) is 17.6 Å². The van der Waals surface area contributed by atoms with Crippen molar-refractivity contribution in [2.45, 2.75) is 32.1 Å². The number of nitrogens with zero attached hydrogens (tertiary/aromatic N) is 3. The summed E-state index contributed by atoms with van der Waals surface area (Å²) in [4.78, 5) is 9.08. The smallest absolute Gasteiger partial charge is 0.193 e. The van der Waals surface area contributed by atoms with Gasteiger partial charge in [-0.15, -0.1) is 6.58 Å². The Bertz CT molecular complexity index is 269. The van der Waals surface area contributed by atoms with Crippen molar-refractivity contribution in [3.63, 3.8) is 0 Å². The highest BCUT2D eigenvalue weighted by Crippen LogP contribution is 2.06. The van der Waals surface area contributed by atoms with Crippen molar-refractivity contribution in [1.82, 2.24) is 15.1 Å². The van der Waals surface area contributed by atoms with Crippen LogP contribution in [-0.4, -0.2) is 62.6 Å². The molecule has 0 atom stereocenters. The van der Waals surface area contributed by atoms with E-state index in [1.54, 1.807) is 0 Å². The first-order valence-corrected chi connectivity index (χ1v) is 7.53. The molecule has 1 saturated heterocycles. The molecule has 0 bridgehead atoms. The zero-order valence-electron chi connectivity index (χ0n) is 12.7. The molecule has 19 heavy (non-hydrogen) atoms. The molecule has 0 amide bonds. The minimum atomic E-state index is 1.01. The number of likely N-dealkylation sites (tertiary alicyclic amines) is 1. The van der Waals surface area contributed by atoms with Crippen molar-refractivity contribution in [2.75, 3.05) is 46.8 Å². The topological polar surface area (TPSA) is 30.9 Å². The molecule has 0 radical (unpaired) electrons. The predicted molar refractivity (Wildman–Crippen MR) is 83.7 cm³/mol. The third-order valence-electron chi connectivity index (χ3n) is 3.61. The standard InChI is InChI=1S/C15H30N4/c1-4-5-6-11-18(3)15(16-2)17-10-9-14-19-12-7-8-13-19/h4H,1,5-14H2,2-3H3,(H,16,17). The second-order valence-corrected chi connectivity index (χ2v) is 5.23. The monoisotopic (exact) mass is 266 g/mol. The summed E-state index contributed by atoms with van der Waals surface area (Å²) in [7, 11) is 3.95. The summed E-state index contributed by atoms with van der Waals surface area (Å²) in [5, 5.41) is 3.44. The molecule has 0 aliphatic carbocycles. The molecule has 1 N–H and O–H groups in total. The molecular weight excluding hydrogens is 236 g/mol. The number of guanidine groups is 1. The van der Waals surface area contributed by atoms with Gasteiger partial charge in [-0.3, -0.25) is 4.99 Å². The van der Waals surface area contributed by atoms with Crippen LogP contribution < -0.4 is 5.32 Å². The van der Waals surface area contributed by atoms with E-state index in [0.29, 0.717) is 0 Å². The van der Waals surface area contributed by atoms with E-state index in [-0.39, 0.29) is 0 Å². The van der Waals surface area contributed by atoms with Gasteiger partial charge in [-0.25, -0.2) is 0 Å². The first-order chi connectivity index (χ1) is 9.27. The van der Waals surface area contributed by atoms with Crippen LogP contribution in [0.4, 0.5) is 0 Å².